The number of esters is 1. The Bertz CT molecular complexity index is 1310. The van der Waals surface area contributed by atoms with Crippen LogP contribution < -0.4 is 4.74 Å². The number of thioether (sulfide) groups is 1. The van der Waals surface area contributed by atoms with E-state index in [-0.39, 0.29) is 17.9 Å². The van der Waals surface area contributed by atoms with Crippen molar-refractivity contribution in [2.75, 3.05) is 6.61 Å². The van der Waals surface area contributed by atoms with Crippen LogP contribution in [0.15, 0.2) is 94.0 Å². The summed E-state index contributed by atoms with van der Waals surface area (Å²) in [5.74, 6) is 0.0343. The van der Waals surface area contributed by atoms with E-state index in [1.165, 1.54) is 17.3 Å². The average molecular weight is 486 g/mol. The Balaban J connectivity index is 1.55. The monoisotopic (exact) mass is 485 g/mol. The summed E-state index contributed by atoms with van der Waals surface area (Å²) in [5, 5.41) is 11.3. The van der Waals surface area contributed by atoms with Crippen LogP contribution in [0.5, 0.6) is 5.75 Å². The minimum Gasteiger partial charge on any atom is -0.506 e. The number of ether oxygens (including phenoxy) is 2. The number of aliphatic imine (C=N–C) groups is 1. The molecule has 0 spiro atoms. The molecule has 178 valence electrons. The quantitative estimate of drug-likeness (QED) is 0.362. The highest BCUT2D eigenvalue weighted by Gasteiger charge is 2.33. The molecule has 1 heterocycles. The number of benzene rings is 3. The zero-order valence-corrected chi connectivity index (χ0v) is 20.8. The number of hydrogen-bond donors (Lipinski definition) is 1. The van der Waals surface area contributed by atoms with Crippen LogP contribution in [0.4, 0.5) is 5.69 Å². The molecule has 0 atom stereocenters. The van der Waals surface area contributed by atoms with Gasteiger partial charge in [-0.2, -0.15) is 0 Å². The third-order valence-corrected chi connectivity index (χ3v) is 6.32. The van der Waals surface area contributed by atoms with E-state index in [1.807, 2.05) is 73.7 Å². The fourth-order valence-electron chi connectivity index (χ4n) is 3.51. The number of carbonyl (C=O) groups is 1. The Kier molecular flexibility index (Phi) is 7.73. The second-order valence-electron chi connectivity index (χ2n) is 8.15. The number of hydrogen-bond acceptors (Lipinski definition) is 6. The molecule has 0 aliphatic carbocycles. The van der Waals surface area contributed by atoms with Gasteiger partial charge in [-0.1, -0.05) is 71.4 Å². The molecule has 0 saturated heterocycles. The minimum atomic E-state index is -0.591. The number of rotatable bonds is 7. The van der Waals surface area contributed by atoms with Crippen molar-refractivity contribution in [1.29, 1.82) is 0 Å². The highest BCUT2D eigenvalue weighted by Crippen LogP contribution is 2.40. The van der Waals surface area contributed by atoms with Crippen molar-refractivity contribution in [2.45, 2.75) is 27.4 Å². The maximum atomic E-state index is 12.6. The Hall–Kier alpha value is -3.77. The maximum absolute atomic E-state index is 12.6. The summed E-state index contributed by atoms with van der Waals surface area (Å²) < 4.78 is 11.1. The summed E-state index contributed by atoms with van der Waals surface area (Å²) in [6.07, 6.45) is 1.82. The number of nitrogens with zero attached hydrogens (tertiary/aromatic N) is 1. The third kappa shape index (κ3) is 6.22. The minimum absolute atomic E-state index is 0.0850. The van der Waals surface area contributed by atoms with Crippen LogP contribution in [0.25, 0.3) is 6.08 Å². The Morgan fingerprint density at radius 1 is 1.00 bits per heavy atom. The fourth-order valence-corrected chi connectivity index (χ4v) is 4.54. The number of carbonyl (C=O) groups excluding carboxylic acids is 1. The van der Waals surface area contributed by atoms with E-state index in [2.05, 4.69) is 24.0 Å². The molecule has 5 nitrogen and oxygen atoms in total. The zero-order chi connectivity index (χ0) is 24.8. The van der Waals surface area contributed by atoms with Crippen molar-refractivity contribution >= 4 is 34.5 Å². The van der Waals surface area contributed by atoms with Gasteiger partial charge < -0.3 is 14.6 Å². The van der Waals surface area contributed by atoms with Crippen molar-refractivity contribution in [2.24, 2.45) is 4.99 Å². The number of aliphatic hydroxyl groups excluding tert-OH is 1. The third-order valence-electron chi connectivity index (χ3n) is 5.30. The maximum Gasteiger partial charge on any atom is 0.344 e. The van der Waals surface area contributed by atoms with Crippen LogP contribution in [0.1, 0.15) is 29.2 Å². The van der Waals surface area contributed by atoms with Crippen molar-refractivity contribution in [3.8, 4) is 5.75 Å². The first-order chi connectivity index (χ1) is 16.9. The number of aryl methyl sites for hydroxylation is 2. The Labute approximate surface area is 209 Å². The lowest BCUT2D eigenvalue weighted by atomic mass is 10.1. The fraction of sp³-hybridized carbons (Fsp3) is 0.172. The first-order valence-corrected chi connectivity index (χ1v) is 12.2. The molecular formula is C29H27NO4S. The van der Waals surface area contributed by atoms with Crippen LogP contribution in [0.2, 0.25) is 0 Å². The summed E-state index contributed by atoms with van der Waals surface area (Å²) in [7, 11) is 0. The molecule has 0 radical (unpaired) electrons. The second-order valence-corrected chi connectivity index (χ2v) is 9.18. The summed E-state index contributed by atoms with van der Waals surface area (Å²) in [6, 6.07) is 23.4. The molecule has 0 aromatic heterocycles. The molecule has 0 unspecified atom stereocenters. The second kappa shape index (κ2) is 11.1. The van der Waals surface area contributed by atoms with Crippen LogP contribution in [0, 0.1) is 13.8 Å². The van der Waals surface area contributed by atoms with Crippen LogP contribution in [-0.2, 0) is 16.1 Å². The standard InChI is InChI=1S/C29H27NO4S/c1-4-33-29(32)26-27(31)25(35-28(26)30-23-12-8-19(2)9-13-23)17-21-10-14-24(15-11-21)34-18-22-7-5-6-20(3)16-22/h5-17,31H,4,18H2,1-3H3/b25-17-,30-28?. The average Bonchev–Trinajstić information content (AvgIpc) is 3.14. The summed E-state index contributed by atoms with van der Waals surface area (Å²) in [4.78, 5) is 17.7. The molecular weight excluding hydrogens is 458 g/mol. The van der Waals surface area contributed by atoms with Gasteiger partial charge in [0.1, 0.15) is 28.7 Å². The largest absolute Gasteiger partial charge is 0.506 e. The van der Waals surface area contributed by atoms with Gasteiger partial charge in [0.2, 0.25) is 0 Å². The summed E-state index contributed by atoms with van der Waals surface area (Å²) >= 11 is 1.24. The van der Waals surface area contributed by atoms with Crippen molar-refractivity contribution in [3.63, 3.8) is 0 Å². The predicted octanol–water partition coefficient (Wildman–Crippen LogP) is 7.08. The zero-order valence-electron chi connectivity index (χ0n) is 19.9. The lowest BCUT2D eigenvalue weighted by Crippen LogP contribution is -2.12. The molecule has 1 N–H and O–H groups in total. The lowest BCUT2D eigenvalue weighted by Gasteiger charge is -2.07. The van der Waals surface area contributed by atoms with E-state index in [0.717, 1.165) is 22.4 Å². The van der Waals surface area contributed by atoms with E-state index in [4.69, 9.17) is 9.47 Å². The molecule has 1 aliphatic heterocycles. The van der Waals surface area contributed by atoms with Crippen LogP contribution in [-0.4, -0.2) is 22.7 Å². The van der Waals surface area contributed by atoms with Gasteiger partial charge >= 0.3 is 5.97 Å². The molecule has 3 aromatic rings. The first kappa shape index (κ1) is 24.4. The van der Waals surface area contributed by atoms with Crippen molar-refractivity contribution < 1.29 is 19.4 Å². The highest BCUT2D eigenvalue weighted by atomic mass is 32.2. The first-order valence-electron chi connectivity index (χ1n) is 11.4. The molecule has 0 fully saturated rings. The Morgan fingerprint density at radius 2 is 1.74 bits per heavy atom. The van der Waals surface area contributed by atoms with Crippen LogP contribution in [0.3, 0.4) is 0 Å². The normalized spacial score (nSPS) is 15.6. The van der Waals surface area contributed by atoms with Gasteiger partial charge in [0.05, 0.1) is 17.2 Å². The van der Waals surface area contributed by atoms with E-state index >= 15 is 0 Å². The topological polar surface area (TPSA) is 68.1 Å². The predicted molar refractivity (Wildman–Crippen MR) is 142 cm³/mol. The Morgan fingerprint density at radius 3 is 2.43 bits per heavy atom. The summed E-state index contributed by atoms with van der Waals surface area (Å²) in [6.45, 7) is 6.48. The number of aliphatic hydroxyl groups is 1. The lowest BCUT2D eigenvalue weighted by molar-refractivity contribution is -0.138. The van der Waals surface area contributed by atoms with Gasteiger partial charge in [-0.15, -0.1) is 0 Å². The molecule has 0 saturated carbocycles. The molecule has 0 amide bonds. The van der Waals surface area contributed by atoms with E-state index < -0.39 is 5.97 Å². The van der Waals surface area contributed by atoms with Gasteiger partial charge in [0.25, 0.3) is 0 Å². The van der Waals surface area contributed by atoms with Crippen molar-refractivity contribution in [3.05, 3.63) is 111 Å². The molecule has 3 aromatic carbocycles. The molecule has 35 heavy (non-hydrogen) atoms. The van der Waals surface area contributed by atoms with Gasteiger partial charge in [-0.05, 0) is 62.2 Å². The smallest absolute Gasteiger partial charge is 0.344 e. The summed E-state index contributed by atoms with van der Waals surface area (Å²) in [5.41, 5.74) is 5.07. The van der Waals surface area contributed by atoms with E-state index in [9.17, 15) is 9.90 Å². The van der Waals surface area contributed by atoms with Gasteiger partial charge in [-0.3, -0.25) is 0 Å². The SMILES string of the molecule is CCOC(=O)C1=C(O)/C(=C/c2ccc(OCc3cccc(C)c3)cc2)SC1=Nc1ccc(C)cc1. The molecule has 0 bridgehead atoms. The molecule has 4 rings (SSSR count). The van der Waals surface area contributed by atoms with Gasteiger partial charge in [-0.25, -0.2) is 9.79 Å². The van der Waals surface area contributed by atoms with Crippen molar-refractivity contribution in [1.82, 2.24) is 0 Å². The molecule has 6 heteroatoms. The van der Waals surface area contributed by atoms with Crippen LogP contribution >= 0.6 is 11.8 Å². The van der Waals surface area contributed by atoms with Gasteiger partial charge in [0, 0.05) is 0 Å². The van der Waals surface area contributed by atoms with Gasteiger partial charge in [0.15, 0.2) is 0 Å². The highest BCUT2D eigenvalue weighted by molar-refractivity contribution is 8.18. The van der Waals surface area contributed by atoms with E-state index in [0.29, 0.717) is 22.2 Å². The molecule has 1 aliphatic rings. The van der Waals surface area contributed by atoms with E-state index in [1.54, 1.807) is 6.92 Å².